The summed E-state index contributed by atoms with van der Waals surface area (Å²) in [5.41, 5.74) is 3.23. The average molecular weight is 393 g/mol. The molecule has 0 N–H and O–H groups in total. The van der Waals surface area contributed by atoms with Gasteiger partial charge in [0.1, 0.15) is 27.6 Å². The van der Waals surface area contributed by atoms with E-state index in [9.17, 15) is 4.55 Å². The van der Waals surface area contributed by atoms with E-state index in [2.05, 4.69) is 47.7 Å². The Morgan fingerprint density at radius 2 is 1.92 bits per heavy atom. The van der Waals surface area contributed by atoms with Gasteiger partial charge in [-0.2, -0.15) is 0 Å². The number of hydrogen-bond donors (Lipinski definition) is 0. The Hall–Kier alpha value is -1.34. The molecule has 4 nitrogen and oxygen atoms in total. The lowest BCUT2D eigenvalue weighted by atomic mass is 10.1. The molecule has 142 valence electrons. The molecule has 0 saturated heterocycles. The van der Waals surface area contributed by atoms with E-state index in [1.165, 1.54) is 16.0 Å². The number of hydrogen-bond acceptors (Lipinski definition) is 5. The summed E-state index contributed by atoms with van der Waals surface area (Å²) in [4.78, 5) is 4.37. The molecule has 6 heteroatoms. The van der Waals surface area contributed by atoms with Gasteiger partial charge in [0, 0.05) is 11.4 Å². The number of thiophene rings is 1. The molecule has 0 saturated carbocycles. The Morgan fingerprint density at radius 1 is 1.23 bits per heavy atom. The summed E-state index contributed by atoms with van der Waals surface area (Å²) < 4.78 is 21.7. The maximum atomic E-state index is 12.3. The SMILES string of the molecule is COc1ccc(-c2ccc(/C(C)=N\[S+]([O-])C(C)(C)C)s2)c(CN(C)C)c1. The molecule has 1 aromatic carbocycles. The van der Waals surface area contributed by atoms with Crippen molar-refractivity contribution in [2.75, 3.05) is 21.2 Å². The van der Waals surface area contributed by atoms with Crippen LogP contribution in [0.2, 0.25) is 0 Å². The van der Waals surface area contributed by atoms with Crippen LogP contribution in [0, 0.1) is 0 Å². The van der Waals surface area contributed by atoms with Crippen LogP contribution in [0.5, 0.6) is 5.75 Å². The molecule has 0 aliphatic rings. The van der Waals surface area contributed by atoms with Crippen LogP contribution in [-0.4, -0.2) is 41.1 Å². The Bertz CT molecular complexity index is 776. The monoisotopic (exact) mass is 392 g/mol. The van der Waals surface area contributed by atoms with Gasteiger partial charge in [0.2, 0.25) is 0 Å². The van der Waals surface area contributed by atoms with Gasteiger partial charge in [-0.3, -0.25) is 0 Å². The smallest absolute Gasteiger partial charge is 0.144 e. The van der Waals surface area contributed by atoms with Gasteiger partial charge in [-0.1, -0.05) is 4.40 Å². The van der Waals surface area contributed by atoms with Gasteiger partial charge in [-0.05, 0) is 83.2 Å². The summed E-state index contributed by atoms with van der Waals surface area (Å²) in [6.45, 7) is 8.56. The third kappa shape index (κ3) is 5.33. The standard InChI is InChI=1S/C20H28N2O2S2/c1-14(21-26(23)20(2,3)4)18-10-11-19(25-18)17-9-8-16(24-7)12-15(17)13-22(5)6/h8-12H,13H2,1-7H3/b21-14-. The number of nitrogens with zero attached hydrogens (tertiary/aromatic N) is 2. The first-order chi connectivity index (χ1) is 12.1. The van der Waals surface area contributed by atoms with Gasteiger partial charge in [0.25, 0.3) is 0 Å². The first-order valence-corrected chi connectivity index (χ1v) is 10.4. The molecule has 1 atom stereocenters. The first kappa shape index (κ1) is 21.0. The van der Waals surface area contributed by atoms with Crippen molar-refractivity contribution in [2.45, 2.75) is 39.0 Å². The van der Waals surface area contributed by atoms with E-state index in [1.807, 2.05) is 33.8 Å². The molecule has 0 radical (unpaired) electrons. The molecule has 26 heavy (non-hydrogen) atoms. The lowest BCUT2D eigenvalue weighted by Crippen LogP contribution is -2.26. The molecular formula is C20H28N2O2S2. The minimum Gasteiger partial charge on any atom is -0.591 e. The van der Waals surface area contributed by atoms with E-state index in [0.29, 0.717) is 0 Å². The predicted octanol–water partition coefficient (Wildman–Crippen LogP) is 4.76. The fourth-order valence-corrected chi connectivity index (χ4v) is 4.08. The number of methoxy groups -OCH3 is 1. The maximum absolute atomic E-state index is 12.3. The fourth-order valence-electron chi connectivity index (χ4n) is 2.39. The second-order valence-electron chi connectivity index (χ2n) is 7.46. The Morgan fingerprint density at radius 3 is 2.50 bits per heavy atom. The average Bonchev–Trinajstić information content (AvgIpc) is 3.03. The lowest BCUT2D eigenvalue weighted by Gasteiger charge is -2.18. The summed E-state index contributed by atoms with van der Waals surface area (Å²) in [6.07, 6.45) is 0. The van der Waals surface area contributed by atoms with Crippen LogP contribution in [0.3, 0.4) is 0 Å². The van der Waals surface area contributed by atoms with Crippen LogP contribution in [0.15, 0.2) is 34.7 Å². The highest BCUT2D eigenvalue weighted by Crippen LogP contribution is 2.34. The zero-order chi connectivity index (χ0) is 19.5. The van der Waals surface area contributed by atoms with Gasteiger partial charge in [0.15, 0.2) is 0 Å². The van der Waals surface area contributed by atoms with E-state index >= 15 is 0 Å². The lowest BCUT2D eigenvalue weighted by molar-refractivity contribution is 0.396. The van der Waals surface area contributed by atoms with Crippen molar-refractivity contribution in [1.29, 1.82) is 0 Å². The summed E-state index contributed by atoms with van der Waals surface area (Å²) in [6, 6.07) is 10.4. The second kappa shape index (κ2) is 8.57. The zero-order valence-electron chi connectivity index (χ0n) is 16.6. The van der Waals surface area contributed by atoms with Crippen molar-refractivity contribution in [1.82, 2.24) is 4.90 Å². The van der Waals surface area contributed by atoms with Crippen molar-refractivity contribution in [3.8, 4) is 16.2 Å². The molecule has 1 unspecified atom stereocenters. The van der Waals surface area contributed by atoms with Crippen molar-refractivity contribution in [2.24, 2.45) is 4.40 Å². The molecule has 1 aromatic heterocycles. The first-order valence-electron chi connectivity index (χ1n) is 8.51. The van der Waals surface area contributed by atoms with Crippen molar-refractivity contribution >= 4 is 28.4 Å². The number of benzene rings is 1. The van der Waals surface area contributed by atoms with E-state index in [-0.39, 0.29) is 4.75 Å². The summed E-state index contributed by atoms with van der Waals surface area (Å²) in [7, 11) is 5.80. The fraction of sp³-hybridized carbons (Fsp3) is 0.450. The van der Waals surface area contributed by atoms with Crippen molar-refractivity contribution in [3.05, 3.63) is 40.8 Å². The topological polar surface area (TPSA) is 47.9 Å². The summed E-state index contributed by atoms with van der Waals surface area (Å²) >= 11 is 0.429. The summed E-state index contributed by atoms with van der Waals surface area (Å²) in [5.74, 6) is 0.862. The third-order valence-electron chi connectivity index (χ3n) is 3.77. The van der Waals surface area contributed by atoms with Crippen LogP contribution >= 0.6 is 11.3 Å². The van der Waals surface area contributed by atoms with E-state index in [4.69, 9.17) is 4.74 Å². The highest BCUT2D eigenvalue weighted by Gasteiger charge is 2.27. The Kier molecular flexibility index (Phi) is 6.91. The molecular weight excluding hydrogens is 364 g/mol. The molecule has 0 aliphatic carbocycles. The minimum absolute atomic E-state index is 0.351. The van der Waals surface area contributed by atoms with E-state index < -0.39 is 11.4 Å². The van der Waals surface area contributed by atoms with E-state index in [0.717, 1.165) is 22.9 Å². The maximum Gasteiger partial charge on any atom is 0.144 e. The molecule has 2 rings (SSSR count). The molecule has 1 heterocycles. The molecule has 0 spiro atoms. The van der Waals surface area contributed by atoms with E-state index in [1.54, 1.807) is 18.4 Å². The second-order valence-corrected chi connectivity index (χ2v) is 10.5. The number of rotatable bonds is 6. The molecule has 0 bridgehead atoms. The van der Waals surface area contributed by atoms with Gasteiger partial charge < -0.3 is 14.2 Å². The highest BCUT2D eigenvalue weighted by molar-refractivity contribution is 7.91. The van der Waals surface area contributed by atoms with Gasteiger partial charge in [-0.25, -0.2) is 0 Å². The quantitative estimate of drug-likeness (QED) is 0.526. The normalized spacial score (nSPS) is 14.0. The van der Waals surface area contributed by atoms with Crippen molar-refractivity contribution < 1.29 is 9.29 Å². The number of ether oxygens (including phenoxy) is 1. The van der Waals surface area contributed by atoms with Crippen LogP contribution < -0.4 is 4.74 Å². The molecule has 0 amide bonds. The van der Waals surface area contributed by atoms with Crippen LogP contribution in [-0.2, 0) is 17.9 Å². The summed E-state index contributed by atoms with van der Waals surface area (Å²) in [5, 5.41) is 0. The molecule has 0 fully saturated rings. The minimum atomic E-state index is -1.25. The van der Waals surface area contributed by atoms with Gasteiger partial charge in [0.05, 0.1) is 12.0 Å². The zero-order valence-corrected chi connectivity index (χ0v) is 18.3. The highest BCUT2D eigenvalue weighted by atomic mass is 32.2. The molecule has 2 aromatic rings. The van der Waals surface area contributed by atoms with Crippen molar-refractivity contribution in [3.63, 3.8) is 0 Å². The Balaban J connectivity index is 2.36. The van der Waals surface area contributed by atoms with Crippen LogP contribution in [0.4, 0.5) is 0 Å². The van der Waals surface area contributed by atoms with Gasteiger partial charge in [-0.15, -0.1) is 11.3 Å². The van der Waals surface area contributed by atoms with Gasteiger partial charge >= 0.3 is 0 Å². The predicted molar refractivity (Wildman–Crippen MR) is 114 cm³/mol. The Labute approximate surface area is 164 Å². The largest absolute Gasteiger partial charge is 0.591 e. The van der Waals surface area contributed by atoms with Crippen LogP contribution in [0.1, 0.15) is 38.1 Å². The third-order valence-corrected chi connectivity index (χ3v) is 6.49. The van der Waals surface area contributed by atoms with Crippen LogP contribution in [0.25, 0.3) is 10.4 Å². The molecule has 0 aliphatic heterocycles.